The minimum atomic E-state index is -0.618. The van der Waals surface area contributed by atoms with Gasteiger partial charge in [-0.25, -0.2) is 9.59 Å². The number of carbonyl (C=O) groups is 3. The number of rotatable bonds is 7. The highest BCUT2D eigenvalue weighted by molar-refractivity contribution is 6.06. The molecule has 0 fully saturated rings. The normalized spacial score (nSPS) is 15.0. The van der Waals surface area contributed by atoms with Crippen LogP contribution in [0.3, 0.4) is 0 Å². The Morgan fingerprint density at radius 3 is 2.29 bits per heavy atom. The number of methoxy groups -OCH3 is 1. The summed E-state index contributed by atoms with van der Waals surface area (Å²) < 4.78 is 10.6. The average Bonchev–Trinajstić information content (AvgIpc) is 2.87. The van der Waals surface area contributed by atoms with Crippen LogP contribution in [0.4, 0.5) is 10.5 Å². The second-order valence-electron chi connectivity index (χ2n) is 7.94. The molecule has 0 spiro atoms. The maximum atomic E-state index is 13.1. The number of amides is 3. The Bertz CT molecular complexity index is 1250. The standard InChI is InChI=1S/C27H25N3O5/c1-17-23(25(31)29-21-6-4-3-5-7-21)24(30-27(33)28-17)19-12-14-22(15-13-19)35-16-18-8-10-20(11-9-18)26(32)34-2/h3-15,24H,16H2,1-2H3,(H,29,31)(H2,28,30,33). The Balaban J connectivity index is 1.46. The van der Waals surface area contributed by atoms with E-state index in [1.54, 1.807) is 55.5 Å². The number of nitrogens with one attached hydrogen (secondary N) is 3. The molecule has 8 heteroatoms. The van der Waals surface area contributed by atoms with E-state index in [1.807, 2.05) is 30.3 Å². The molecule has 3 amide bonds. The number of anilines is 1. The first-order valence-corrected chi connectivity index (χ1v) is 11.0. The monoisotopic (exact) mass is 471 g/mol. The van der Waals surface area contributed by atoms with Gasteiger partial charge in [-0.1, -0.05) is 42.5 Å². The van der Waals surface area contributed by atoms with Crippen molar-refractivity contribution in [1.29, 1.82) is 0 Å². The third kappa shape index (κ3) is 5.67. The number of benzene rings is 3. The lowest BCUT2D eigenvalue weighted by Gasteiger charge is -2.28. The van der Waals surface area contributed by atoms with Crippen LogP contribution in [0.1, 0.15) is 34.5 Å². The van der Waals surface area contributed by atoms with Crippen LogP contribution in [0.15, 0.2) is 90.1 Å². The highest BCUT2D eigenvalue weighted by atomic mass is 16.5. The van der Waals surface area contributed by atoms with E-state index in [9.17, 15) is 14.4 Å². The fraction of sp³-hybridized carbons (Fsp3) is 0.148. The van der Waals surface area contributed by atoms with Crippen molar-refractivity contribution in [2.45, 2.75) is 19.6 Å². The van der Waals surface area contributed by atoms with Gasteiger partial charge in [0.05, 0.1) is 24.3 Å². The second-order valence-corrected chi connectivity index (χ2v) is 7.94. The van der Waals surface area contributed by atoms with Crippen LogP contribution >= 0.6 is 0 Å². The van der Waals surface area contributed by atoms with Gasteiger partial charge in [0.1, 0.15) is 12.4 Å². The summed E-state index contributed by atoms with van der Waals surface area (Å²) in [7, 11) is 1.34. The fourth-order valence-electron chi connectivity index (χ4n) is 3.74. The van der Waals surface area contributed by atoms with Crippen molar-refractivity contribution in [2.75, 3.05) is 12.4 Å². The van der Waals surface area contributed by atoms with Crippen LogP contribution in [0.25, 0.3) is 0 Å². The first kappa shape index (κ1) is 23.6. The molecule has 0 saturated heterocycles. The molecule has 1 unspecified atom stereocenters. The van der Waals surface area contributed by atoms with Crippen molar-refractivity contribution in [3.63, 3.8) is 0 Å². The Morgan fingerprint density at radius 1 is 0.943 bits per heavy atom. The van der Waals surface area contributed by atoms with Gasteiger partial charge >= 0.3 is 12.0 Å². The molecule has 8 nitrogen and oxygen atoms in total. The minimum Gasteiger partial charge on any atom is -0.489 e. The molecule has 0 radical (unpaired) electrons. The van der Waals surface area contributed by atoms with Gasteiger partial charge in [-0.15, -0.1) is 0 Å². The van der Waals surface area contributed by atoms with Gasteiger partial charge in [-0.3, -0.25) is 4.79 Å². The molecule has 178 valence electrons. The molecule has 0 aromatic heterocycles. The predicted molar refractivity (Wildman–Crippen MR) is 131 cm³/mol. The van der Waals surface area contributed by atoms with Crippen molar-refractivity contribution in [3.8, 4) is 5.75 Å². The van der Waals surface area contributed by atoms with Crippen LogP contribution in [0.5, 0.6) is 5.75 Å². The van der Waals surface area contributed by atoms with E-state index in [2.05, 4.69) is 16.0 Å². The molecular formula is C27H25N3O5. The molecule has 3 aromatic carbocycles. The number of allylic oxidation sites excluding steroid dienone is 1. The van der Waals surface area contributed by atoms with Crippen LogP contribution in [0, 0.1) is 0 Å². The molecule has 1 aliphatic rings. The predicted octanol–water partition coefficient (Wildman–Crippen LogP) is 4.32. The zero-order chi connectivity index (χ0) is 24.8. The Kier molecular flexibility index (Phi) is 7.11. The highest BCUT2D eigenvalue weighted by Crippen LogP contribution is 2.29. The van der Waals surface area contributed by atoms with E-state index < -0.39 is 6.04 Å². The Labute approximate surface area is 202 Å². The molecule has 1 aliphatic heterocycles. The molecule has 1 heterocycles. The van der Waals surface area contributed by atoms with E-state index in [4.69, 9.17) is 9.47 Å². The summed E-state index contributed by atoms with van der Waals surface area (Å²) in [6.45, 7) is 2.02. The molecule has 3 aromatic rings. The number of hydrogen-bond donors (Lipinski definition) is 3. The summed E-state index contributed by atoms with van der Waals surface area (Å²) in [6, 6.07) is 22.3. The summed E-state index contributed by atoms with van der Waals surface area (Å²) in [6.07, 6.45) is 0. The van der Waals surface area contributed by atoms with Gasteiger partial charge in [0.2, 0.25) is 0 Å². The summed E-state index contributed by atoms with van der Waals surface area (Å²) in [5.41, 5.74) is 3.69. The smallest absolute Gasteiger partial charge is 0.337 e. The molecule has 0 aliphatic carbocycles. The molecule has 35 heavy (non-hydrogen) atoms. The van der Waals surface area contributed by atoms with E-state index in [1.165, 1.54) is 7.11 Å². The van der Waals surface area contributed by atoms with Gasteiger partial charge in [0.15, 0.2) is 0 Å². The van der Waals surface area contributed by atoms with Crippen LogP contribution < -0.4 is 20.7 Å². The zero-order valence-corrected chi connectivity index (χ0v) is 19.3. The van der Waals surface area contributed by atoms with Crippen molar-refractivity contribution >= 4 is 23.6 Å². The quantitative estimate of drug-likeness (QED) is 0.445. The fourth-order valence-corrected chi connectivity index (χ4v) is 3.74. The van der Waals surface area contributed by atoms with Crippen molar-refractivity contribution in [3.05, 3.63) is 107 Å². The highest BCUT2D eigenvalue weighted by Gasteiger charge is 2.31. The van der Waals surface area contributed by atoms with Crippen LogP contribution in [-0.4, -0.2) is 25.0 Å². The SMILES string of the molecule is COC(=O)c1ccc(COc2ccc(C3NC(=O)NC(C)=C3C(=O)Nc3ccccc3)cc2)cc1. The molecule has 0 bridgehead atoms. The lowest BCUT2D eigenvalue weighted by Crippen LogP contribution is -2.45. The first-order chi connectivity index (χ1) is 16.9. The summed E-state index contributed by atoms with van der Waals surface area (Å²) in [4.78, 5) is 36.8. The van der Waals surface area contributed by atoms with Crippen LogP contribution in [0.2, 0.25) is 0 Å². The maximum absolute atomic E-state index is 13.1. The Morgan fingerprint density at radius 2 is 1.63 bits per heavy atom. The van der Waals surface area contributed by atoms with Crippen molar-refractivity contribution in [1.82, 2.24) is 10.6 Å². The number of ether oxygens (including phenoxy) is 2. The van der Waals surface area contributed by atoms with Gasteiger partial charge < -0.3 is 25.4 Å². The lowest BCUT2D eigenvalue weighted by atomic mass is 9.94. The average molecular weight is 472 g/mol. The first-order valence-electron chi connectivity index (χ1n) is 11.0. The number of para-hydroxylation sites is 1. The number of esters is 1. The van der Waals surface area contributed by atoms with Gasteiger partial charge in [-0.2, -0.15) is 0 Å². The molecule has 4 rings (SSSR count). The maximum Gasteiger partial charge on any atom is 0.337 e. The topological polar surface area (TPSA) is 106 Å². The third-order valence-electron chi connectivity index (χ3n) is 5.54. The third-order valence-corrected chi connectivity index (χ3v) is 5.54. The van der Waals surface area contributed by atoms with Gasteiger partial charge in [0.25, 0.3) is 5.91 Å². The molecule has 0 saturated carbocycles. The van der Waals surface area contributed by atoms with E-state index in [0.29, 0.717) is 34.9 Å². The van der Waals surface area contributed by atoms with Gasteiger partial charge in [0, 0.05) is 11.4 Å². The molecule has 3 N–H and O–H groups in total. The van der Waals surface area contributed by atoms with E-state index in [0.717, 1.165) is 11.1 Å². The van der Waals surface area contributed by atoms with E-state index >= 15 is 0 Å². The number of carbonyl (C=O) groups excluding carboxylic acids is 3. The molecule has 1 atom stereocenters. The Hall–Kier alpha value is -4.59. The lowest BCUT2D eigenvalue weighted by molar-refractivity contribution is -0.113. The molecular weight excluding hydrogens is 446 g/mol. The summed E-state index contributed by atoms with van der Waals surface area (Å²) in [5.74, 6) is -0.0665. The van der Waals surface area contributed by atoms with E-state index in [-0.39, 0.29) is 17.9 Å². The number of urea groups is 1. The van der Waals surface area contributed by atoms with Gasteiger partial charge in [-0.05, 0) is 54.4 Å². The minimum absolute atomic E-state index is 0.304. The van der Waals surface area contributed by atoms with Crippen LogP contribution in [-0.2, 0) is 16.1 Å². The largest absolute Gasteiger partial charge is 0.489 e. The second kappa shape index (κ2) is 10.6. The van der Waals surface area contributed by atoms with Crippen molar-refractivity contribution in [2.24, 2.45) is 0 Å². The summed E-state index contributed by atoms with van der Waals surface area (Å²) in [5, 5.41) is 8.38. The summed E-state index contributed by atoms with van der Waals surface area (Å²) >= 11 is 0. The number of hydrogen-bond acceptors (Lipinski definition) is 5. The van der Waals surface area contributed by atoms with Crippen molar-refractivity contribution < 1.29 is 23.9 Å². The zero-order valence-electron chi connectivity index (χ0n) is 19.3.